The maximum absolute atomic E-state index is 11.4. The summed E-state index contributed by atoms with van der Waals surface area (Å²) in [4.78, 5) is 27.7. The predicted octanol–water partition coefficient (Wildman–Crippen LogP) is 0.988. The number of nitrogens with one attached hydrogen (secondary N) is 1. The van der Waals surface area contributed by atoms with Crippen LogP contribution < -0.4 is 5.32 Å². The van der Waals surface area contributed by atoms with Gasteiger partial charge in [-0.1, -0.05) is 6.07 Å². The number of rotatable bonds is 3. The van der Waals surface area contributed by atoms with Gasteiger partial charge in [-0.05, 0) is 12.1 Å². The third kappa shape index (κ3) is 3.86. The maximum Gasteiger partial charge on any atom is 0.324 e. The normalized spacial score (nSPS) is 9.62. The highest BCUT2D eigenvalue weighted by molar-refractivity contribution is 6.28. The molecule has 86 valence electrons. The van der Waals surface area contributed by atoms with Crippen LogP contribution in [0.2, 0.25) is 0 Å². The van der Waals surface area contributed by atoms with Crippen molar-refractivity contribution in [1.82, 2.24) is 15.2 Å². The first-order valence-corrected chi connectivity index (χ1v) is 5.17. The fourth-order valence-electron chi connectivity index (χ4n) is 1.05. The number of imide groups is 1. The lowest BCUT2D eigenvalue weighted by molar-refractivity contribution is -0.117. The molecule has 0 aromatic carbocycles. The van der Waals surface area contributed by atoms with Gasteiger partial charge in [0.1, 0.15) is 5.88 Å². The van der Waals surface area contributed by atoms with E-state index in [0.717, 1.165) is 5.69 Å². The standard InChI is InChI=1S/C10H12ClN3O2/c1-14(10(16)13-9(15)6-11)7-8-4-2-3-5-12-8/h2-5H,6-7H2,1H3,(H,13,15,16). The zero-order valence-electron chi connectivity index (χ0n) is 8.81. The first-order valence-electron chi connectivity index (χ1n) is 4.64. The van der Waals surface area contributed by atoms with Gasteiger partial charge in [-0.3, -0.25) is 15.1 Å². The molecule has 1 N–H and O–H groups in total. The lowest BCUT2D eigenvalue weighted by atomic mass is 10.3. The Kier molecular flexibility index (Phi) is 4.72. The zero-order valence-corrected chi connectivity index (χ0v) is 9.57. The summed E-state index contributed by atoms with van der Waals surface area (Å²) in [5.41, 5.74) is 0.749. The summed E-state index contributed by atoms with van der Waals surface area (Å²) in [5.74, 6) is -0.747. The molecule has 3 amide bonds. The molecule has 1 aromatic heterocycles. The minimum absolute atomic E-state index is 0.233. The second-order valence-corrected chi connectivity index (χ2v) is 3.43. The van der Waals surface area contributed by atoms with Crippen molar-refractivity contribution in [2.75, 3.05) is 12.9 Å². The van der Waals surface area contributed by atoms with Gasteiger partial charge in [-0.25, -0.2) is 4.79 Å². The number of amides is 3. The number of alkyl halides is 1. The van der Waals surface area contributed by atoms with Crippen LogP contribution in [0.5, 0.6) is 0 Å². The molecule has 1 rings (SSSR count). The van der Waals surface area contributed by atoms with Gasteiger partial charge >= 0.3 is 6.03 Å². The fourth-order valence-corrected chi connectivity index (χ4v) is 1.12. The molecule has 0 aliphatic heterocycles. The molecule has 0 aliphatic carbocycles. The Balaban J connectivity index is 2.49. The van der Waals surface area contributed by atoms with Crippen molar-refractivity contribution in [3.8, 4) is 0 Å². The molecule has 0 unspecified atom stereocenters. The van der Waals surface area contributed by atoms with Gasteiger partial charge in [-0.2, -0.15) is 0 Å². The van der Waals surface area contributed by atoms with Gasteiger partial charge in [0.15, 0.2) is 0 Å². The van der Waals surface area contributed by atoms with Crippen molar-refractivity contribution in [1.29, 1.82) is 0 Å². The second-order valence-electron chi connectivity index (χ2n) is 3.16. The Labute approximate surface area is 98.4 Å². The van der Waals surface area contributed by atoms with Gasteiger partial charge in [0, 0.05) is 13.2 Å². The summed E-state index contributed by atoms with van der Waals surface area (Å²) in [5, 5.41) is 2.14. The summed E-state index contributed by atoms with van der Waals surface area (Å²) < 4.78 is 0. The molecule has 0 spiro atoms. The third-order valence-electron chi connectivity index (χ3n) is 1.84. The molecule has 6 heteroatoms. The summed E-state index contributed by atoms with van der Waals surface area (Å²) in [6.07, 6.45) is 1.64. The van der Waals surface area contributed by atoms with Crippen LogP contribution >= 0.6 is 11.6 Å². The van der Waals surface area contributed by atoms with Crippen molar-refractivity contribution in [2.24, 2.45) is 0 Å². The number of urea groups is 1. The average molecular weight is 242 g/mol. The Morgan fingerprint density at radius 2 is 2.25 bits per heavy atom. The van der Waals surface area contributed by atoms with Gasteiger partial charge in [0.25, 0.3) is 0 Å². The van der Waals surface area contributed by atoms with E-state index >= 15 is 0 Å². The molecule has 1 aromatic rings. The molecule has 0 atom stereocenters. The lowest BCUT2D eigenvalue weighted by Gasteiger charge is -2.16. The Bertz CT molecular complexity index is 370. The van der Waals surface area contributed by atoms with E-state index in [-0.39, 0.29) is 5.88 Å². The van der Waals surface area contributed by atoms with Gasteiger partial charge in [0.2, 0.25) is 5.91 Å². The molecule has 0 saturated carbocycles. The van der Waals surface area contributed by atoms with Crippen LogP contribution in [0.25, 0.3) is 0 Å². The van der Waals surface area contributed by atoms with Crippen LogP contribution in [0.15, 0.2) is 24.4 Å². The van der Waals surface area contributed by atoms with Crippen LogP contribution in [0.3, 0.4) is 0 Å². The number of carbonyl (C=O) groups is 2. The SMILES string of the molecule is CN(Cc1ccccn1)C(=O)NC(=O)CCl. The molecule has 16 heavy (non-hydrogen) atoms. The highest BCUT2D eigenvalue weighted by Gasteiger charge is 2.12. The van der Waals surface area contributed by atoms with E-state index in [1.807, 2.05) is 6.07 Å². The maximum atomic E-state index is 11.4. The molecular weight excluding hydrogens is 230 g/mol. The van der Waals surface area contributed by atoms with E-state index in [2.05, 4.69) is 10.3 Å². The molecule has 0 bridgehead atoms. The molecule has 0 fully saturated rings. The molecule has 1 heterocycles. The highest BCUT2D eigenvalue weighted by atomic mass is 35.5. The Morgan fingerprint density at radius 3 is 2.81 bits per heavy atom. The van der Waals surface area contributed by atoms with E-state index in [4.69, 9.17) is 11.6 Å². The first kappa shape index (κ1) is 12.4. The van der Waals surface area contributed by atoms with Crippen molar-refractivity contribution in [3.63, 3.8) is 0 Å². The Morgan fingerprint density at radius 1 is 1.50 bits per heavy atom. The van der Waals surface area contributed by atoms with E-state index in [1.165, 1.54) is 4.90 Å². The lowest BCUT2D eigenvalue weighted by Crippen LogP contribution is -2.41. The topological polar surface area (TPSA) is 62.3 Å². The molecule has 0 radical (unpaired) electrons. The molecule has 5 nitrogen and oxygen atoms in total. The van der Waals surface area contributed by atoms with Crippen LogP contribution in [0.1, 0.15) is 5.69 Å². The fraction of sp³-hybridized carbons (Fsp3) is 0.300. The summed E-state index contributed by atoms with van der Waals surface area (Å²) in [6, 6.07) is 4.93. The minimum Gasteiger partial charge on any atom is -0.322 e. The number of nitrogens with zero attached hydrogens (tertiary/aromatic N) is 2. The number of hydrogen-bond acceptors (Lipinski definition) is 3. The van der Waals surface area contributed by atoms with Crippen LogP contribution in [-0.4, -0.2) is 34.7 Å². The smallest absolute Gasteiger partial charge is 0.322 e. The monoisotopic (exact) mass is 241 g/mol. The van der Waals surface area contributed by atoms with Crippen molar-refractivity contribution >= 4 is 23.5 Å². The van der Waals surface area contributed by atoms with E-state index in [1.54, 1.807) is 25.4 Å². The van der Waals surface area contributed by atoms with E-state index < -0.39 is 11.9 Å². The number of pyridine rings is 1. The minimum atomic E-state index is -0.514. The Hall–Kier alpha value is -1.62. The quantitative estimate of drug-likeness (QED) is 0.803. The van der Waals surface area contributed by atoms with E-state index in [9.17, 15) is 9.59 Å². The number of aromatic nitrogens is 1. The van der Waals surface area contributed by atoms with Crippen molar-refractivity contribution < 1.29 is 9.59 Å². The predicted molar refractivity (Wildman–Crippen MR) is 60.0 cm³/mol. The van der Waals surface area contributed by atoms with Crippen LogP contribution in [0.4, 0.5) is 4.79 Å². The summed E-state index contributed by atoms with van der Waals surface area (Å²) in [7, 11) is 1.57. The molecule has 0 saturated heterocycles. The number of hydrogen-bond donors (Lipinski definition) is 1. The summed E-state index contributed by atoms with van der Waals surface area (Å²) in [6.45, 7) is 0.336. The molecule has 0 aliphatic rings. The van der Waals surface area contributed by atoms with Crippen molar-refractivity contribution in [2.45, 2.75) is 6.54 Å². The largest absolute Gasteiger partial charge is 0.324 e. The van der Waals surface area contributed by atoms with Crippen molar-refractivity contribution in [3.05, 3.63) is 30.1 Å². The average Bonchev–Trinajstić information content (AvgIpc) is 2.30. The van der Waals surface area contributed by atoms with E-state index in [0.29, 0.717) is 6.54 Å². The van der Waals surface area contributed by atoms with Gasteiger partial charge in [0.05, 0.1) is 12.2 Å². The first-order chi connectivity index (χ1) is 7.63. The summed E-state index contributed by atoms with van der Waals surface area (Å²) >= 11 is 5.27. The zero-order chi connectivity index (χ0) is 12.0. The second kappa shape index (κ2) is 6.07. The van der Waals surface area contributed by atoms with Crippen LogP contribution in [-0.2, 0) is 11.3 Å². The number of halogens is 1. The number of carbonyl (C=O) groups excluding carboxylic acids is 2. The van der Waals surface area contributed by atoms with Gasteiger partial charge < -0.3 is 4.90 Å². The highest BCUT2D eigenvalue weighted by Crippen LogP contribution is 1.98. The van der Waals surface area contributed by atoms with Gasteiger partial charge in [-0.15, -0.1) is 11.6 Å². The van der Waals surface area contributed by atoms with Crippen LogP contribution in [0, 0.1) is 0 Å². The third-order valence-corrected chi connectivity index (χ3v) is 2.08. The molecular formula is C10H12ClN3O2.